The van der Waals surface area contributed by atoms with Crippen molar-refractivity contribution in [2.24, 2.45) is 0 Å². The summed E-state index contributed by atoms with van der Waals surface area (Å²) in [4.78, 5) is 46.5. The van der Waals surface area contributed by atoms with Crippen LogP contribution in [0.4, 0.5) is 26.3 Å². The number of aromatic nitrogens is 10. The van der Waals surface area contributed by atoms with Gasteiger partial charge < -0.3 is 0 Å². The molecule has 4 aromatic heterocycles. The van der Waals surface area contributed by atoms with Gasteiger partial charge in [-0.2, -0.15) is 0 Å². The van der Waals surface area contributed by atoms with Crippen molar-refractivity contribution in [2.75, 3.05) is 0 Å². The van der Waals surface area contributed by atoms with Gasteiger partial charge in [-0.25, -0.2) is 71.2 Å². The van der Waals surface area contributed by atoms with Crippen molar-refractivity contribution in [3.63, 3.8) is 0 Å². The Labute approximate surface area is 710 Å². The Morgan fingerprint density at radius 3 is 0.710 bits per heavy atom. The van der Waals surface area contributed by atoms with E-state index in [1.54, 1.807) is 79.0 Å². The van der Waals surface area contributed by atoms with Crippen LogP contribution in [0.5, 0.6) is 0 Å². The number of hydrogen-bond acceptors (Lipinski definition) is 10. The van der Waals surface area contributed by atoms with Crippen LogP contribution in [-0.2, 0) is 0 Å². The molecule has 0 aliphatic rings. The maximum Gasteiger partial charge on any atom is 0.164 e. The van der Waals surface area contributed by atoms with Crippen molar-refractivity contribution >= 4 is 10.8 Å². The first-order valence-corrected chi connectivity index (χ1v) is 39.8. The van der Waals surface area contributed by atoms with Crippen LogP contribution in [0.2, 0.25) is 0 Å². The SMILES string of the molecule is Fc1ccc(-c2ccc(-c3nc(-c4ccc(-c5ccccc5)cc4)nc(-c4ccc(-c5ccc(F)cc5)cc4)n3)cc2)cc1.Fc1cccc(-c2nc(-c3ccc(-c4ccc(-c5cccnc5)cc4)cc3)nc(-c3cccc(F)c3)n2)c1.Fc1cccc(-c2nc(-c3ccc(-c4cccc(-c5cccc6ccccc56)c4)cc3)nc(-c3cccc(F)c3)n2)c1. The van der Waals surface area contributed by atoms with Gasteiger partial charge in [-0.15, -0.1) is 0 Å². The first kappa shape index (κ1) is 78.7. The smallest absolute Gasteiger partial charge is 0.164 e. The summed E-state index contributed by atoms with van der Waals surface area (Å²) in [5.41, 5.74) is 20.9. The summed E-state index contributed by atoms with van der Waals surface area (Å²) in [6.07, 6.45) is 3.60. The van der Waals surface area contributed by atoms with Crippen molar-refractivity contribution in [1.29, 1.82) is 0 Å². The Balaban J connectivity index is 0.000000127. The van der Waals surface area contributed by atoms with E-state index in [-0.39, 0.29) is 11.6 Å². The van der Waals surface area contributed by atoms with Gasteiger partial charge in [0.2, 0.25) is 0 Å². The molecule has 4 heterocycles. The molecule has 10 nitrogen and oxygen atoms in total. The van der Waals surface area contributed by atoms with E-state index in [4.69, 9.17) is 15.0 Å². The lowest BCUT2D eigenvalue weighted by atomic mass is 9.95. The predicted molar refractivity (Wildman–Crippen MR) is 482 cm³/mol. The van der Waals surface area contributed by atoms with Gasteiger partial charge in [-0.3, -0.25) is 4.98 Å². The summed E-state index contributed by atoms with van der Waals surface area (Å²) in [6, 6.07) is 123. The first-order valence-electron chi connectivity index (χ1n) is 39.8. The van der Waals surface area contributed by atoms with Crippen LogP contribution in [0.3, 0.4) is 0 Å². The van der Waals surface area contributed by atoms with Crippen molar-refractivity contribution in [2.45, 2.75) is 0 Å². The summed E-state index contributed by atoms with van der Waals surface area (Å²) in [5.74, 6) is 1.63. The van der Waals surface area contributed by atoms with Crippen LogP contribution in [0, 0.1) is 34.9 Å². The molecular weight excluding hydrogens is 1550 g/mol. The van der Waals surface area contributed by atoms with E-state index in [1.807, 2.05) is 146 Å². The molecule has 592 valence electrons. The molecular formula is C108H68F6N10. The molecule has 0 amide bonds. The average Bonchev–Trinajstić information content (AvgIpc) is 0.798. The molecule has 0 aliphatic carbocycles. The number of fused-ring (bicyclic) bond motifs is 1. The fourth-order valence-electron chi connectivity index (χ4n) is 14.5. The molecule has 0 saturated carbocycles. The zero-order valence-electron chi connectivity index (χ0n) is 66.0. The summed E-state index contributed by atoms with van der Waals surface area (Å²) < 4.78 is 82.9. The van der Waals surface area contributed by atoms with Crippen LogP contribution in [0.25, 0.3) is 191 Å². The average molecular weight is 1620 g/mol. The minimum atomic E-state index is -0.393. The second-order valence-corrected chi connectivity index (χ2v) is 29.2. The second kappa shape index (κ2) is 36.0. The van der Waals surface area contributed by atoms with Crippen molar-refractivity contribution in [3.8, 4) is 180 Å². The first-order chi connectivity index (χ1) is 60.8. The molecule has 20 aromatic rings. The van der Waals surface area contributed by atoms with E-state index >= 15 is 0 Å². The lowest BCUT2D eigenvalue weighted by Gasteiger charge is -2.11. The normalized spacial score (nSPS) is 11.0. The molecule has 124 heavy (non-hydrogen) atoms. The standard InChI is InChI=1S/C39H25F2N3.C37H23F2N3.C32H20F2N4/c40-35-22-18-30(19-23-35)28-8-14-33(15-9-28)38-42-37(32-12-6-27(7-13-32)26-4-2-1-3-5-26)43-39(44-38)34-16-10-29(11-17-34)31-20-24-36(41)25-21-31;38-31-13-4-11-29(22-31)36-40-35(41-37(42-36)30-12-5-14-32(39)23-30)26-19-17-24(18-20-26)27-9-3-10-28(21-27)34-16-6-8-25-7-1-2-15-33(25)34;33-28-7-1-4-25(18-28)31-36-30(37-32(38-31)26-5-2-8-29(34)19-26)24-15-13-22(14-16-24)21-9-11-23(12-10-21)27-6-3-17-35-20-27/h1-25H;1-23H;1-20H. The number of pyridine rings is 1. The number of benzene rings is 16. The Hall–Kier alpha value is -16.5. The zero-order chi connectivity index (χ0) is 84.2. The Bertz CT molecular complexity index is 6940. The Kier molecular flexibility index (Phi) is 22.9. The van der Waals surface area contributed by atoms with Crippen molar-refractivity contribution < 1.29 is 26.3 Å². The van der Waals surface area contributed by atoms with Crippen LogP contribution in [0.15, 0.2) is 413 Å². The number of hydrogen-bond donors (Lipinski definition) is 0. The van der Waals surface area contributed by atoms with Gasteiger partial charge >= 0.3 is 0 Å². The van der Waals surface area contributed by atoms with E-state index in [0.717, 1.165) is 100 Å². The fraction of sp³-hybridized carbons (Fsp3) is 0. The molecule has 0 unspecified atom stereocenters. The van der Waals surface area contributed by atoms with Crippen LogP contribution in [0.1, 0.15) is 0 Å². The van der Waals surface area contributed by atoms with E-state index in [0.29, 0.717) is 74.7 Å². The molecule has 0 fully saturated rings. The van der Waals surface area contributed by atoms with Gasteiger partial charge in [-0.05, 0) is 174 Å². The lowest BCUT2D eigenvalue weighted by Crippen LogP contribution is -2.00. The second-order valence-electron chi connectivity index (χ2n) is 29.2. The minimum absolute atomic E-state index is 0.266. The molecule has 0 radical (unpaired) electrons. The van der Waals surface area contributed by atoms with Gasteiger partial charge in [0.25, 0.3) is 0 Å². The quantitative estimate of drug-likeness (QED) is 0.0862. The molecule has 16 aromatic carbocycles. The lowest BCUT2D eigenvalue weighted by molar-refractivity contribution is 0.627. The largest absolute Gasteiger partial charge is 0.264 e. The third kappa shape index (κ3) is 18.4. The molecule has 0 aliphatic heterocycles. The molecule has 16 heteroatoms. The number of halogens is 6. The summed E-state index contributed by atoms with van der Waals surface area (Å²) in [5, 5.41) is 2.42. The molecule has 0 saturated heterocycles. The highest BCUT2D eigenvalue weighted by Gasteiger charge is 2.20. The summed E-state index contributed by atoms with van der Waals surface area (Å²) >= 11 is 0. The number of rotatable bonds is 16. The van der Waals surface area contributed by atoms with Gasteiger partial charge in [-0.1, -0.05) is 315 Å². The highest BCUT2D eigenvalue weighted by atomic mass is 19.1. The van der Waals surface area contributed by atoms with Gasteiger partial charge in [0.15, 0.2) is 52.4 Å². The van der Waals surface area contributed by atoms with Gasteiger partial charge in [0.05, 0.1) is 0 Å². The van der Waals surface area contributed by atoms with E-state index < -0.39 is 23.3 Å². The molecule has 0 N–H and O–H groups in total. The van der Waals surface area contributed by atoms with E-state index in [9.17, 15) is 26.3 Å². The third-order valence-electron chi connectivity index (χ3n) is 20.9. The topological polar surface area (TPSA) is 129 Å². The van der Waals surface area contributed by atoms with Crippen LogP contribution >= 0.6 is 0 Å². The molecule has 0 atom stereocenters. The predicted octanol–water partition coefficient (Wildman–Crippen LogP) is 27.7. The van der Waals surface area contributed by atoms with Gasteiger partial charge in [0, 0.05) is 62.5 Å². The maximum atomic E-state index is 14.1. The summed E-state index contributed by atoms with van der Waals surface area (Å²) in [7, 11) is 0. The van der Waals surface area contributed by atoms with Crippen molar-refractivity contribution in [1.82, 2.24) is 49.8 Å². The highest BCUT2D eigenvalue weighted by molar-refractivity contribution is 5.97. The monoisotopic (exact) mass is 1620 g/mol. The van der Waals surface area contributed by atoms with E-state index in [2.05, 4.69) is 150 Å². The maximum absolute atomic E-state index is 14.1. The summed E-state index contributed by atoms with van der Waals surface area (Å²) in [6.45, 7) is 0. The van der Waals surface area contributed by atoms with E-state index in [1.165, 1.54) is 89.1 Å². The Morgan fingerprint density at radius 1 is 0.145 bits per heavy atom. The number of nitrogens with zero attached hydrogens (tertiary/aromatic N) is 10. The minimum Gasteiger partial charge on any atom is -0.264 e. The van der Waals surface area contributed by atoms with Gasteiger partial charge in [0.1, 0.15) is 34.9 Å². The van der Waals surface area contributed by atoms with Crippen LogP contribution < -0.4 is 0 Å². The zero-order valence-corrected chi connectivity index (χ0v) is 66.0. The molecule has 20 rings (SSSR count). The van der Waals surface area contributed by atoms with Crippen molar-refractivity contribution in [3.05, 3.63) is 448 Å². The molecule has 0 spiro atoms. The fourth-order valence-corrected chi connectivity index (χ4v) is 14.5. The van der Waals surface area contributed by atoms with Crippen LogP contribution in [-0.4, -0.2) is 49.8 Å². The highest BCUT2D eigenvalue weighted by Crippen LogP contribution is 2.37. The Morgan fingerprint density at radius 2 is 0.379 bits per heavy atom. The third-order valence-corrected chi connectivity index (χ3v) is 20.9. The molecule has 0 bridgehead atoms.